The number of anilines is 1. The molecule has 0 radical (unpaired) electrons. The zero-order chi connectivity index (χ0) is 17.1. The molecule has 2 heterocycles. The molecule has 0 bridgehead atoms. The molecule has 24 heavy (non-hydrogen) atoms. The van der Waals surface area contributed by atoms with Gasteiger partial charge in [-0.05, 0) is 12.8 Å². The lowest BCUT2D eigenvalue weighted by atomic mass is 10.1. The van der Waals surface area contributed by atoms with Crippen molar-refractivity contribution < 1.29 is 14.7 Å². The van der Waals surface area contributed by atoms with Crippen LogP contribution in [-0.4, -0.2) is 39.6 Å². The molecule has 7 nitrogen and oxygen atoms in total. The Morgan fingerprint density at radius 3 is 2.79 bits per heavy atom. The molecule has 3 rings (SSSR count). The molecule has 2 amide bonds. The first-order valence-electron chi connectivity index (χ1n) is 7.37. The normalized spacial score (nSPS) is 16.6. The van der Waals surface area contributed by atoms with Crippen LogP contribution in [0, 0.1) is 11.3 Å². The van der Waals surface area contributed by atoms with Crippen molar-refractivity contribution in [2.24, 2.45) is 0 Å². The molecular weight excluding hydrogens is 328 g/mol. The maximum Gasteiger partial charge on any atom is 0.407 e. The molecule has 1 aromatic carbocycles. The average molecular weight is 342 g/mol. The third kappa shape index (κ3) is 3.07. The number of benzene rings is 1. The first-order chi connectivity index (χ1) is 11.6. The quantitative estimate of drug-likeness (QED) is 0.892. The minimum atomic E-state index is -1.10. The van der Waals surface area contributed by atoms with E-state index in [-0.39, 0.29) is 0 Å². The van der Waals surface area contributed by atoms with Crippen molar-refractivity contribution in [2.75, 3.05) is 11.9 Å². The number of hydrogen-bond donors (Lipinski definition) is 2. The summed E-state index contributed by atoms with van der Waals surface area (Å²) in [6, 6.07) is 10.6. The molecule has 1 fully saturated rings. The Kier molecular flexibility index (Phi) is 4.44. The van der Waals surface area contributed by atoms with Crippen LogP contribution in [0.2, 0.25) is 0 Å². The van der Waals surface area contributed by atoms with Crippen LogP contribution in [0.1, 0.15) is 17.7 Å². The summed E-state index contributed by atoms with van der Waals surface area (Å²) in [5, 5.41) is 21.3. The van der Waals surface area contributed by atoms with Crippen LogP contribution in [0.4, 0.5) is 9.93 Å². The molecule has 0 aliphatic carbocycles. The topological polar surface area (TPSA) is 106 Å². The number of carbonyl (C=O) groups excluding carboxylic acids is 1. The standard InChI is InChI=1S/C16H14N4O3S/c17-9-12-13(10-5-2-1-3-6-10)18-15(24-12)19-14(21)11-7-4-8-20(11)16(22)23/h1-3,5-6,11H,4,7-8H2,(H,22,23)(H,18,19,21). The molecule has 1 aromatic heterocycles. The highest BCUT2D eigenvalue weighted by Gasteiger charge is 2.34. The highest BCUT2D eigenvalue weighted by molar-refractivity contribution is 7.16. The average Bonchev–Trinajstić information content (AvgIpc) is 3.22. The predicted molar refractivity (Wildman–Crippen MR) is 88.6 cm³/mol. The zero-order valence-electron chi connectivity index (χ0n) is 12.6. The lowest BCUT2D eigenvalue weighted by Gasteiger charge is -2.19. The SMILES string of the molecule is N#Cc1sc(NC(=O)C2CCCN2C(=O)O)nc1-c1ccccc1. The van der Waals surface area contributed by atoms with Gasteiger partial charge in [-0.25, -0.2) is 9.78 Å². The summed E-state index contributed by atoms with van der Waals surface area (Å²) in [6.07, 6.45) is 0.0377. The minimum Gasteiger partial charge on any atom is -0.465 e. The van der Waals surface area contributed by atoms with E-state index in [1.807, 2.05) is 30.3 Å². The Morgan fingerprint density at radius 2 is 2.12 bits per heavy atom. The van der Waals surface area contributed by atoms with Gasteiger partial charge in [-0.2, -0.15) is 5.26 Å². The largest absolute Gasteiger partial charge is 0.465 e. The van der Waals surface area contributed by atoms with E-state index in [0.717, 1.165) is 21.8 Å². The summed E-state index contributed by atoms with van der Waals surface area (Å²) >= 11 is 1.08. The number of amides is 2. The van der Waals surface area contributed by atoms with Crippen LogP contribution in [-0.2, 0) is 4.79 Å². The van der Waals surface area contributed by atoms with Crippen molar-refractivity contribution in [1.82, 2.24) is 9.88 Å². The molecule has 1 aliphatic heterocycles. The highest BCUT2D eigenvalue weighted by atomic mass is 32.1. The third-order valence-corrected chi connectivity index (χ3v) is 4.68. The summed E-state index contributed by atoms with van der Waals surface area (Å²) in [4.78, 5) is 29.4. The number of carbonyl (C=O) groups is 2. The fourth-order valence-corrected chi connectivity index (χ4v) is 3.49. The molecule has 1 aliphatic rings. The molecule has 1 atom stereocenters. The van der Waals surface area contributed by atoms with E-state index in [0.29, 0.717) is 35.1 Å². The fraction of sp³-hybridized carbons (Fsp3) is 0.250. The Hall–Kier alpha value is -2.92. The molecule has 2 aromatic rings. The van der Waals surface area contributed by atoms with Gasteiger partial charge in [0.2, 0.25) is 5.91 Å². The number of rotatable bonds is 3. The Labute approximate surface area is 142 Å². The van der Waals surface area contributed by atoms with Gasteiger partial charge in [0.25, 0.3) is 0 Å². The number of hydrogen-bond acceptors (Lipinski definition) is 5. The van der Waals surface area contributed by atoms with Crippen molar-refractivity contribution in [2.45, 2.75) is 18.9 Å². The second-order valence-corrected chi connectivity index (χ2v) is 6.30. The fourth-order valence-electron chi connectivity index (χ4n) is 2.70. The van der Waals surface area contributed by atoms with Gasteiger partial charge in [-0.1, -0.05) is 41.7 Å². The number of nitriles is 1. The van der Waals surface area contributed by atoms with Crippen LogP contribution in [0.3, 0.4) is 0 Å². The van der Waals surface area contributed by atoms with Crippen LogP contribution in [0.15, 0.2) is 30.3 Å². The van der Waals surface area contributed by atoms with Gasteiger partial charge in [0.15, 0.2) is 5.13 Å². The van der Waals surface area contributed by atoms with Gasteiger partial charge >= 0.3 is 6.09 Å². The lowest BCUT2D eigenvalue weighted by Crippen LogP contribution is -2.42. The van der Waals surface area contributed by atoms with Crippen molar-refractivity contribution >= 4 is 28.5 Å². The highest BCUT2D eigenvalue weighted by Crippen LogP contribution is 2.31. The number of likely N-dealkylation sites (tertiary alicyclic amines) is 1. The van der Waals surface area contributed by atoms with Crippen LogP contribution in [0.5, 0.6) is 0 Å². The molecule has 1 unspecified atom stereocenters. The second kappa shape index (κ2) is 6.68. The van der Waals surface area contributed by atoms with Gasteiger partial charge in [0, 0.05) is 12.1 Å². The van der Waals surface area contributed by atoms with Gasteiger partial charge in [0.1, 0.15) is 22.7 Å². The van der Waals surface area contributed by atoms with Gasteiger partial charge in [-0.3, -0.25) is 9.69 Å². The molecule has 2 N–H and O–H groups in total. The van der Waals surface area contributed by atoms with Crippen molar-refractivity contribution in [1.29, 1.82) is 5.26 Å². The number of nitrogens with zero attached hydrogens (tertiary/aromatic N) is 3. The lowest BCUT2D eigenvalue weighted by molar-refractivity contribution is -0.119. The monoisotopic (exact) mass is 342 g/mol. The van der Waals surface area contributed by atoms with E-state index in [2.05, 4.69) is 16.4 Å². The molecule has 0 saturated carbocycles. The first-order valence-corrected chi connectivity index (χ1v) is 8.18. The van der Waals surface area contributed by atoms with E-state index < -0.39 is 18.0 Å². The Balaban J connectivity index is 1.81. The second-order valence-electron chi connectivity index (χ2n) is 5.30. The maximum atomic E-state index is 12.3. The molecule has 0 spiro atoms. The van der Waals surface area contributed by atoms with Crippen molar-refractivity contribution in [3.8, 4) is 17.3 Å². The van der Waals surface area contributed by atoms with E-state index in [1.165, 1.54) is 0 Å². The van der Waals surface area contributed by atoms with Gasteiger partial charge < -0.3 is 10.4 Å². The summed E-state index contributed by atoms with van der Waals surface area (Å²) in [6.45, 7) is 0.351. The number of aromatic nitrogens is 1. The predicted octanol–water partition coefficient (Wildman–Crippen LogP) is 2.76. The van der Waals surface area contributed by atoms with Gasteiger partial charge in [0.05, 0.1) is 0 Å². The summed E-state index contributed by atoms with van der Waals surface area (Å²) in [5.41, 5.74) is 1.30. The molecule has 122 valence electrons. The minimum absolute atomic E-state index is 0.299. The van der Waals surface area contributed by atoms with Crippen molar-refractivity contribution in [3.63, 3.8) is 0 Å². The number of carboxylic acid groups (broad SMARTS) is 1. The van der Waals surface area contributed by atoms with Gasteiger partial charge in [-0.15, -0.1) is 0 Å². The summed E-state index contributed by atoms with van der Waals surface area (Å²) < 4.78 is 0. The first kappa shape index (κ1) is 16.0. The zero-order valence-corrected chi connectivity index (χ0v) is 13.4. The number of thiazole rings is 1. The van der Waals surface area contributed by atoms with Crippen LogP contribution >= 0.6 is 11.3 Å². The molecule has 1 saturated heterocycles. The smallest absolute Gasteiger partial charge is 0.407 e. The van der Waals surface area contributed by atoms with Crippen LogP contribution < -0.4 is 5.32 Å². The van der Waals surface area contributed by atoms with E-state index in [9.17, 15) is 14.9 Å². The molecule has 8 heteroatoms. The van der Waals surface area contributed by atoms with Crippen molar-refractivity contribution in [3.05, 3.63) is 35.2 Å². The third-order valence-electron chi connectivity index (χ3n) is 3.81. The summed E-state index contributed by atoms with van der Waals surface area (Å²) in [7, 11) is 0. The number of nitrogens with one attached hydrogen (secondary N) is 1. The summed E-state index contributed by atoms with van der Waals surface area (Å²) in [5.74, 6) is -0.409. The Bertz CT molecular complexity index is 812. The molecular formula is C16H14N4O3S. The van der Waals surface area contributed by atoms with E-state index in [4.69, 9.17) is 5.11 Å². The Morgan fingerprint density at radius 1 is 1.38 bits per heavy atom. The van der Waals surface area contributed by atoms with E-state index in [1.54, 1.807) is 0 Å². The maximum absolute atomic E-state index is 12.3. The van der Waals surface area contributed by atoms with Crippen LogP contribution in [0.25, 0.3) is 11.3 Å². The van der Waals surface area contributed by atoms with E-state index >= 15 is 0 Å².